The Kier molecular flexibility index (Phi) is 3.84. The summed E-state index contributed by atoms with van der Waals surface area (Å²) in [5, 5.41) is 0. The molecule has 4 nitrogen and oxygen atoms in total. The van der Waals surface area contributed by atoms with Crippen molar-refractivity contribution in [2.24, 2.45) is 5.73 Å². The molecule has 6 heteroatoms. The zero-order valence-electron chi connectivity index (χ0n) is 11.7. The number of rotatable bonds is 3. The summed E-state index contributed by atoms with van der Waals surface area (Å²) in [4.78, 5) is 18.7. The molecule has 2 unspecified atom stereocenters. The molecule has 0 spiro atoms. The van der Waals surface area contributed by atoms with Gasteiger partial charge in [0.1, 0.15) is 0 Å². The van der Waals surface area contributed by atoms with E-state index in [-0.39, 0.29) is 5.91 Å². The summed E-state index contributed by atoms with van der Waals surface area (Å²) in [5.74, 6) is -0.386. The van der Waals surface area contributed by atoms with Crippen LogP contribution in [0.4, 0.5) is 0 Å². The van der Waals surface area contributed by atoms with E-state index in [1.165, 1.54) is 23.3 Å². The first-order valence-corrected chi connectivity index (χ1v) is 11.4. The number of nitrogens with zero attached hydrogens (tertiary/aromatic N) is 2. The Morgan fingerprint density at radius 3 is 3.00 bits per heavy atom. The van der Waals surface area contributed by atoms with Gasteiger partial charge in [-0.25, -0.2) is 0 Å². The summed E-state index contributed by atoms with van der Waals surface area (Å²) in [6, 6.07) is 5.69. The third-order valence-electron chi connectivity index (χ3n) is 3.89. The summed E-state index contributed by atoms with van der Waals surface area (Å²) in [6.45, 7) is 2.39. The van der Waals surface area contributed by atoms with Gasteiger partial charge in [-0.2, -0.15) is 0 Å². The zero-order valence-corrected chi connectivity index (χ0v) is 14.4. The molecule has 1 aromatic carbocycles. The molecule has 2 N–H and O–H groups in total. The molecule has 1 aliphatic heterocycles. The van der Waals surface area contributed by atoms with E-state index < -0.39 is 14.7 Å². The third-order valence-corrected chi connectivity index (χ3v) is 11.4. The molecule has 0 radical (unpaired) electrons. The molecule has 1 amide bonds. The first-order chi connectivity index (χ1) is 9.56. The van der Waals surface area contributed by atoms with Crippen molar-refractivity contribution >= 4 is 45.9 Å². The van der Waals surface area contributed by atoms with Crippen LogP contribution in [0.25, 0.3) is 10.2 Å². The fraction of sp³-hybridized carbons (Fsp3) is 0.429. The van der Waals surface area contributed by atoms with Crippen LogP contribution in [0, 0.1) is 0 Å². The van der Waals surface area contributed by atoms with Crippen molar-refractivity contribution in [2.45, 2.75) is 16.8 Å². The molecule has 0 bridgehead atoms. The number of primary amides is 1. The molecule has 3 rings (SSSR count). The van der Waals surface area contributed by atoms with E-state index in [2.05, 4.69) is 17.7 Å². The fourth-order valence-corrected chi connectivity index (χ4v) is 9.20. The normalized spacial score (nSPS) is 21.4. The Labute approximate surface area is 127 Å². The van der Waals surface area contributed by atoms with Gasteiger partial charge < -0.3 is 0 Å². The van der Waals surface area contributed by atoms with E-state index in [1.54, 1.807) is 17.4 Å². The molecule has 2 atom stereocenters. The van der Waals surface area contributed by atoms with Crippen LogP contribution in [0.15, 0.2) is 18.2 Å². The van der Waals surface area contributed by atoms with E-state index in [0.29, 0.717) is 5.56 Å². The minimum absolute atomic E-state index is 0.386. The number of nitrogens with two attached hydrogens (primary N) is 1. The van der Waals surface area contributed by atoms with E-state index in [1.807, 2.05) is 12.1 Å². The van der Waals surface area contributed by atoms with Crippen LogP contribution in [0.1, 0.15) is 16.8 Å². The quantitative estimate of drug-likeness (QED) is 0.852. The molecule has 1 aliphatic rings. The van der Waals surface area contributed by atoms with Crippen molar-refractivity contribution in [3.05, 3.63) is 23.8 Å². The molecule has 0 saturated carbocycles. The monoisotopic (exact) mass is 351 g/mol. The number of amides is 1. The van der Waals surface area contributed by atoms with Gasteiger partial charge in [0.2, 0.25) is 0 Å². The van der Waals surface area contributed by atoms with Crippen molar-refractivity contribution in [1.82, 2.24) is 9.88 Å². The van der Waals surface area contributed by atoms with Crippen molar-refractivity contribution in [1.29, 1.82) is 0 Å². The van der Waals surface area contributed by atoms with Crippen molar-refractivity contribution in [3.63, 3.8) is 0 Å². The van der Waals surface area contributed by atoms with Crippen LogP contribution in [-0.4, -0.2) is 50.6 Å². The number of para-hydroxylation sites is 1. The summed E-state index contributed by atoms with van der Waals surface area (Å²) in [5.41, 5.74) is 9.17. The molecule has 106 valence electrons. The third kappa shape index (κ3) is 2.50. The van der Waals surface area contributed by atoms with Crippen LogP contribution in [0.5, 0.6) is 0 Å². The number of hydrogen-bond donors (Lipinski definition) is 1. The maximum atomic E-state index is 11.5. The van der Waals surface area contributed by atoms with Gasteiger partial charge in [0, 0.05) is 0 Å². The number of carbonyl (C=O) groups is 1. The first kappa shape index (κ1) is 14.1. The van der Waals surface area contributed by atoms with E-state index in [9.17, 15) is 4.79 Å². The molecule has 0 aliphatic carbocycles. The van der Waals surface area contributed by atoms with E-state index >= 15 is 0 Å². The Morgan fingerprint density at radius 1 is 1.55 bits per heavy atom. The summed E-state index contributed by atoms with van der Waals surface area (Å²) < 4.78 is 3.15. The standard InChI is InChI=1S/C14H18AsN3OS/c1-15(9-6-7-18(2)8-9)14-17-12-10(13(16)19)4-3-5-11(12)20-14/h3-5,9H,6-8H2,1-2H3,(H2,16,19). The molecule has 1 saturated heterocycles. The van der Waals surface area contributed by atoms with Gasteiger partial charge in [0.15, 0.2) is 0 Å². The van der Waals surface area contributed by atoms with Gasteiger partial charge in [0.05, 0.1) is 0 Å². The van der Waals surface area contributed by atoms with Crippen molar-refractivity contribution in [2.75, 3.05) is 20.1 Å². The number of benzene rings is 1. The Balaban J connectivity index is 1.96. The minimum atomic E-state index is -1.14. The van der Waals surface area contributed by atoms with Gasteiger partial charge in [-0.3, -0.25) is 0 Å². The average Bonchev–Trinajstić information content (AvgIpc) is 3.02. The predicted octanol–water partition coefficient (Wildman–Crippen LogP) is 1.43. The summed E-state index contributed by atoms with van der Waals surface area (Å²) >= 11 is 0.613. The van der Waals surface area contributed by atoms with Crippen LogP contribution < -0.4 is 9.53 Å². The van der Waals surface area contributed by atoms with Gasteiger partial charge in [0.25, 0.3) is 0 Å². The summed E-state index contributed by atoms with van der Waals surface area (Å²) in [7, 11) is 2.19. The molecule has 1 fully saturated rings. The Hall–Kier alpha value is -0.902. The molecule has 1 aromatic heterocycles. The summed E-state index contributed by atoms with van der Waals surface area (Å²) in [6.07, 6.45) is 1.28. The number of likely N-dealkylation sites (tertiary alicyclic amines) is 1. The van der Waals surface area contributed by atoms with Crippen LogP contribution in [0.3, 0.4) is 0 Å². The van der Waals surface area contributed by atoms with Gasteiger partial charge >= 0.3 is 127 Å². The fourth-order valence-electron chi connectivity index (χ4n) is 2.67. The van der Waals surface area contributed by atoms with E-state index in [0.717, 1.165) is 14.9 Å². The second kappa shape index (κ2) is 5.47. The number of aromatic nitrogens is 1. The second-order valence-electron chi connectivity index (χ2n) is 5.33. The zero-order chi connectivity index (χ0) is 14.3. The van der Waals surface area contributed by atoms with Crippen LogP contribution in [-0.2, 0) is 0 Å². The molecular weight excluding hydrogens is 333 g/mol. The average molecular weight is 351 g/mol. The maximum absolute atomic E-state index is 11.5. The SMILES string of the molecule is CN1CCC([As](C)c2nc3c(C(N)=O)cccc3s2)C1. The predicted molar refractivity (Wildman–Crippen MR) is 85.3 cm³/mol. The first-order valence-electron chi connectivity index (χ1n) is 6.67. The van der Waals surface area contributed by atoms with Crippen LogP contribution >= 0.6 is 11.3 Å². The van der Waals surface area contributed by atoms with Gasteiger partial charge in [-0.15, -0.1) is 0 Å². The second-order valence-corrected chi connectivity index (χ2v) is 12.0. The number of thiazole rings is 1. The number of fused-ring (bicyclic) bond motifs is 1. The molecular formula is C14H18AsN3OS. The molecule has 2 heterocycles. The molecule has 20 heavy (non-hydrogen) atoms. The van der Waals surface area contributed by atoms with Gasteiger partial charge in [-0.05, 0) is 0 Å². The number of carbonyl (C=O) groups excluding carboxylic acids is 1. The molecule has 2 aromatic rings. The number of hydrogen-bond acceptors (Lipinski definition) is 4. The van der Waals surface area contributed by atoms with Gasteiger partial charge in [-0.1, -0.05) is 0 Å². The topological polar surface area (TPSA) is 59.2 Å². The van der Waals surface area contributed by atoms with Crippen LogP contribution in [0.2, 0.25) is 10.4 Å². The van der Waals surface area contributed by atoms with Crippen molar-refractivity contribution in [3.8, 4) is 0 Å². The Bertz CT molecular complexity index is 657. The Morgan fingerprint density at radius 2 is 2.35 bits per heavy atom. The van der Waals surface area contributed by atoms with E-state index in [4.69, 9.17) is 10.7 Å². The van der Waals surface area contributed by atoms with Crippen molar-refractivity contribution < 1.29 is 4.79 Å².